The maximum atomic E-state index is 11.4. The molecule has 1 amide bonds. The highest BCUT2D eigenvalue weighted by atomic mass is 32.2. The van der Waals surface area contributed by atoms with Crippen molar-refractivity contribution in [2.75, 3.05) is 5.75 Å². The van der Waals surface area contributed by atoms with E-state index in [2.05, 4.69) is 5.32 Å². The van der Waals surface area contributed by atoms with Gasteiger partial charge in [0, 0.05) is 12.7 Å². The Balaban J connectivity index is 4.23. The summed E-state index contributed by atoms with van der Waals surface area (Å²) < 4.78 is 4.96. The lowest BCUT2D eigenvalue weighted by atomic mass is 10.2. The van der Waals surface area contributed by atoms with Crippen LogP contribution in [0.4, 0.5) is 4.79 Å². The quantitative estimate of drug-likeness (QED) is 0.793. The molecule has 0 aliphatic heterocycles. The Labute approximate surface area is 110 Å². The van der Waals surface area contributed by atoms with E-state index < -0.39 is 23.7 Å². The average Bonchev–Trinajstić information content (AvgIpc) is 2.12. The standard InChI is InChI=1S/C11H19NO5S/c1-7(13)18-6-5-8(9(14)15)12-10(16)17-11(2,3)4/h8H,5-6H2,1-4H3,(H,12,16)(H,14,15)/t8-/m0/s1. The van der Waals surface area contributed by atoms with Gasteiger partial charge in [0.1, 0.15) is 11.6 Å². The van der Waals surface area contributed by atoms with Gasteiger partial charge < -0.3 is 15.2 Å². The number of alkyl carbamates (subject to hydrolysis) is 1. The third kappa shape index (κ3) is 8.86. The van der Waals surface area contributed by atoms with Crippen LogP contribution in [0.5, 0.6) is 0 Å². The number of hydrogen-bond donors (Lipinski definition) is 2. The van der Waals surface area contributed by atoms with Crippen molar-refractivity contribution in [1.29, 1.82) is 0 Å². The van der Waals surface area contributed by atoms with E-state index >= 15 is 0 Å². The molecule has 7 heteroatoms. The van der Waals surface area contributed by atoms with E-state index in [1.54, 1.807) is 20.8 Å². The van der Waals surface area contributed by atoms with Gasteiger partial charge in [0.2, 0.25) is 0 Å². The zero-order valence-corrected chi connectivity index (χ0v) is 11.8. The summed E-state index contributed by atoms with van der Waals surface area (Å²) >= 11 is 1.02. The van der Waals surface area contributed by atoms with Gasteiger partial charge in [0.25, 0.3) is 0 Å². The summed E-state index contributed by atoms with van der Waals surface area (Å²) in [6.45, 7) is 6.47. The third-order valence-corrected chi connectivity index (χ3v) is 2.55. The Kier molecular flexibility index (Phi) is 6.75. The van der Waals surface area contributed by atoms with Gasteiger partial charge in [-0.05, 0) is 27.2 Å². The first-order valence-corrected chi connectivity index (χ1v) is 6.46. The van der Waals surface area contributed by atoms with E-state index in [0.29, 0.717) is 5.75 Å². The van der Waals surface area contributed by atoms with Gasteiger partial charge in [-0.2, -0.15) is 0 Å². The maximum absolute atomic E-state index is 11.4. The lowest BCUT2D eigenvalue weighted by Crippen LogP contribution is -2.43. The second kappa shape index (κ2) is 7.25. The second-order valence-corrected chi connectivity index (χ2v) is 5.94. The number of carboxylic acid groups (broad SMARTS) is 1. The van der Waals surface area contributed by atoms with Crippen molar-refractivity contribution in [2.45, 2.75) is 45.8 Å². The molecule has 0 aromatic carbocycles. The molecule has 0 aromatic rings. The van der Waals surface area contributed by atoms with Crippen molar-refractivity contribution in [2.24, 2.45) is 0 Å². The van der Waals surface area contributed by atoms with Crippen LogP contribution < -0.4 is 5.32 Å². The SMILES string of the molecule is CC(=O)SCC[C@H](NC(=O)OC(C)(C)C)C(=O)O. The molecule has 0 radical (unpaired) electrons. The van der Waals surface area contributed by atoms with Gasteiger partial charge in [0.15, 0.2) is 5.12 Å². The number of carbonyl (C=O) groups excluding carboxylic acids is 2. The second-order valence-electron chi connectivity index (χ2n) is 4.67. The number of ether oxygens (including phenoxy) is 1. The maximum Gasteiger partial charge on any atom is 0.408 e. The number of hydrogen-bond acceptors (Lipinski definition) is 5. The summed E-state index contributed by atoms with van der Waals surface area (Å²) in [7, 11) is 0. The first-order valence-electron chi connectivity index (χ1n) is 5.47. The zero-order chi connectivity index (χ0) is 14.3. The van der Waals surface area contributed by atoms with Gasteiger partial charge >= 0.3 is 12.1 Å². The summed E-state index contributed by atoms with van der Waals surface area (Å²) in [5, 5.41) is 11.1. The number of carbonyl (C=O) groups is 3. The van der Waals surface area contributed by atoms with Crippen molar-refractivity contribution >= 4 is 28.9 Å². The molecule has 0 saturated heterocycles. The van der Waals surface area contributed by atoms with Gasteiger partial charge in [0.05, 0.1) is 0 Å². The fourth-order valence-electron chi connectivity index (χ4n) is 1.03. The summed E-state index contributed by atoms with van der Waals surface area (Å²) in [5.74, 6) is -0.813. The van der Waals surface area contributed by atoms with E-state index in [9.17, 15) is 14.4 Å². The molecule has 2 N–H and O–H groups in total. The van der Waals surface area contributed by atoms with Crippen molar-refractivity contribution < 1.29 is 24.2 Å². The minimum absolute atomic E-state index is 0.0867. The van der Waals surface area contributed by atoms with E-state index in [-0.39, 0.29) is 11.5 Å². The number of carboxylic acids is 1. The summed E-state index contributed by atoms with van der Waals surface area (Å²) in [6.07, 6.45) is -0.610. The summed E-state index contributed by atoms with van der Waals surface area (Å²) in [4.78, 5) is 33.0. The number of nitrogens with one attached hydrogen (secondary N) is 1. The predicted octanol–water partition coefficient (Wildman–Crippen LogP) is 1.63. The Bertz CT molecular complexity index is 324. The topological polar surface area (TPSA) is 92.7 Å². The fraction of sp³-hybridized carbons (Fsp3) is 0.727. The van der Waals surface area contributed by atoms with Crippen LogP contribution in [0.3, 0.4) is 0 Å². The van der Waals surface area contributed by atoms with Gasteiger partial charge in [-0.15, -0.1) is 0 Å². The number of aliphatic carboxylic acids is 1. The first kappa shape index (κ1) is 16.8. The Morgan fingerprint density at radius 3 is 2.28 bits per heavy atom. The molecule has 0 spiro atoms. The number of rotatable bonds is 5. The van der Waals surface area contributed by atoms with Crippen LogP contribution >= 0.6 is 11.8 Å². The third-order valence-electron chi connectivity index (χ3n) is 1.70. The Morgan fingerprint density at radius 1 is 1.33 bits per heavy atom. The van der Waals surface area contributed by atoms with Gasteiger partial charge in [-0.3, -0.25) is 4.79 Å². The highest BCUT2D eigenvalue weighted by Gasteiger charge is 2.23. The largest absolute Gasteiger partial charge is 0.480 e. The molecular weight excluding hydrogens is 258 g/mol. The molecule has 0 aromatic heterocycles. The van der Waals surface area contributed by atoms with E-state index in [0.717, 1.165) is 11.8 Å². The molecule has 0 saturated carbocycles. The van der Waals surface area contributed by atoms with Crippen LogP contribution in [-0.2, 0) is 14.3 Å². The number of amides is 1. The molecule has 0 fully saturated rings. The van der Waals surface area contributed by atoms with Crippen molar-refractivity contribution in [3.63, 3.8) is 0 Å². The molecule has 18 heavy (non-hydrogen) atoms. The predicted molar refractivity (Wildman–Crippen MR) is 68.5 cm³/mol. The van der Waals surface area contributed by atoms with Crippen LogP contribution in [-0.4, -0.2) is 39.7 Å². The highest BCUT2D eigenvalue weighted by molar-refractivity contribution is 8.13. The van der Waals surface area contributed by atoms with E-state index in [1.807, 2.05) is 0 Å². The van der Waals surface area contributed by atoms with Crippen molar-refractivity contribution in [3.05, 3.63) is 0 Å². The molecule has 104 valence electrons. The van der Waals surface area contributed by atoms with Crippen LogP contribution in [0.25, 0.3) is 0 Å². The average molecular weight is 277 g/mol. The molecule has 0 unspecified atom stereocenters. The van der Waals surface area contributed by atoms with Gasteiger partial charge in [-0.25, -0.2) is 9.59 Å². The van der Waals surface area contributed by atoms with E-state index in [1.165, 1.54) is 6.92 Å². The highest BCUT2D eigenvalue weighted by Crippen LogP contribution is 2.09. The van der Waals surface area contributed by atoms with Crippen LogP contribution in [0.1, 0.15) is 34.1 Å². The van der Waals surface area contributed by atoms with Crippen LogP contribution in [0.2, 0.25) is 0 Å². The monoisotopic (exact) mass is 277 g/mol. The molecule has 0 rings (SSSR count). The lowest BCUT2D eigenvalue weighted by molar-refractivity contribution is -0.139. The molecular formula is C11H19NO5S. The van der Waals surface area contributed by atoms with Crippen molar-refractivity contribution in [1.82, 2.24) is 5.32 Å². The molecule has 0 heterocycles. The smallest absolute Gasteiger partial charge is 0.408 e. The summed E-state index contributed by atoms with van der Waals surface area (Å²) in [6, 6.07) is -1.05. The van der Waals surface area contributed by atoms with Crippen LogP contribution in [0, 0.1) is 0 Å². The summed E-state index contributed by atoms with van der Waals surface area (Å²) in [5.41, 5.74) is -0.679. The minimum Gasteiger partial charge on any atom is -0.480 e. The fourth-order valence-corrected chi connectivity index (χ4v) is 1.67. The minimum atomic E-state index is -1.15. The first-order chi connectivity index (χ1) is 8.11. The van der Waals surface area contributed by atoms with E-state index in [4.69, 9.17) is 9.84 Å². The zero-order valence-electron chi connectivity index (χ0n) is 11.0. The molecule has 6 nitrogen and oxygen atoms in total. The Hall–Kier alpha value is -1.24. The van der Waals surface area contributed by atoms with Crippen molar-refractivity contribution in [3.8, 4) is 0 Å². The molecule has 1 atom stereocenters. The normalized spacial score (nSPS) is 12.7. The molecule has 0 bridgehead atoms. The lowest BCUT2D eigenvalue weighted by Gasteiger charge is -2.21. The Morgan fingerprint density at radius 2 is 1.89 bits per heavy atom. The van der Waals surface area contributed by atoms with Gasteiger partial charge in [-0.1, -0.05) is 11.8 Å². The molecule has 0 aliphatic rings. The number of thioether (sulfide) groups is 1. The van der Waals surface area contributed by atoms with Crippen LogP contribution in [0.15, 0.2) is 0 Å². The molecule has 0 aliphatic carbocycles.